The molecule has 12 heavy (non-hydrogen) atoms. The van der Waals surface area contributed by atoms with E-state index in [0.29, 0.717) is 0 Å². The van der Waals surface area contributed by atoms with Crippen molar-refractivity contribution in [3.8, 4) is 0 Å². The summed E-state index contributed by atoms with van der Waals surface area (Å²) in [4.78, 5) is 11.1. The molecule has 1 unspecified atom stereocenters. The number of hydrogen-bond acceptors (Lipinski definition) is 2. The first-order valence-electron chi connectivity index (χ1n) is 4.03. The van der Waals surface area contributed by atoms with E-state index in [1.165, 1.54) is 0 Å². The molecule has 0 spiro atoms. The highest BCUT2D eigenvalue weighted by molar-refractivity contribution is 9.09. The fourth-order valence-corrected chi connectivity index (χ4v) is 0.759. The maximum atomic E-state index is 11.1. The van der Waals surface area contributed by atoms with Gasteiger partial charge in [0, 0.05) is 11.4 Å². The molecule has 3 nitrogen and oxygen atoms in total. The van der Waals surface area contributed by atoms with Gasteiger partial charge in [0.15, 0.2) is 0 Å². The van der Waals surface area contributed by atoms with Crippen molar-refractivity contribution >= 4 is 21.8 Å². The molecule has 0 radical (unpaired) electrons. The van der Waals surface area contributed by atoms with Crippen LogP contribution >= 0.6 is 15.9 Å². The van der Waals surface area contributed by atoms with Crippen molar-refractivity contribution in [3.05, 3.63) is 0 Å². The number of carbonyl (C=O) groups excluding carboxylic acids is 1. The van der Waals surface area contributed by atoms with Crippen LogP contribution in [0.4, 0.5) is 0 Å². The van der Waals surface area contributed by atoms with Crippen LogP contribution in [0.2, 0.25) is 0 Å². The third kappa shape index (κ3) is 6.61. The summed E-state index contributed by atoms with van der Waals surface area (Å²) in [5.74, 6) is -0.0596. The van der Waals surface area contributed by atoms with E-state index >= 15 is 0 Å². The quantitative estimate of drug-likeness (QED) is 0.733. The second-order valence-electron chi connectivity index (χ2n) is 2.98. The summed E-state index contributed by atoms with van der Waals surface area (Å²) in [5, 5.41) is 3.54. The third-order valence-electron chi connectivity index (χ3n) is 1.19. The number of ether oxygens (including phenoxy) is 1. The number of rotatable bonds is 5. The summed E-state index contributed by atoms with van der Waals surface area (Å²) >= 11 is 3.27. The van der Waals surface area contributed by atoms with Crippen molar-refractivity contribution in [3.63, 3.8) is 0 Å². The molecule has 0 bridgehead atoms. The van der Waals surface area contributed by atoms with Crippen LogP contribution in [0, 0.1) is 0 Å². The Morgan fingerprint density at radius 3 is 2.50 bits per heavy atom. The summed E-state index contributed by atoms with van der Waals surface area (Å²) in [5.41, 5.74) is 0. The Hall–Kier alpha value is -0.0900. The van der Waals surface area contributed by atoms with E-state index in [9.17, 15) is 4.79 Å². The highest BCUT2D eigenvalue weighted by atomic mass is 79.9. The zero-order valence-electron chi connectivity index (χ0n) is 7.76. The average Bonchev–Trinajstić information content (AvgIpc) is 2.00. The second-order valence-corrected chi connectivity index (χ2v) is 3.63. The molecule has 0 heterocycles. The fraction of sp³-hybridized carbons (Fsp3) is 0.875. The number of alkyl halides is 1. The fourth-order valence-electron chi connectivity index (χ4n) is 0.597. The standard InChI is InChI=1S/C8H16BrNO2/c1-6(2)12-5-8(11)10-7(3)4-9/h6-7H,4-5H2,1-3H3,(H,10,11). The van der Waals surface area contributed by atoms with E-state index in [-0.39, 0.29) is 24.7 Å². The minimum absolute atomic E-state index is 0.0596. The summed E-state index contributed by atoms with van der Waals surface area (Å²) < 4.78 is 5.12. The molecule has 0 aliphatic rings. The van der Waals surface area contributed by atoms with Crippen LogP contribution in [0.25, 0.3) is 0 Å². The summed E-state index contributed by atoms with van der Waals surface area (Å²) in [6.07, 6.45) is 0.107. The van der Waals surface area contributed by atoms with Gasteiger partial charge >= 0.3 is 0 Å². The van der Waals surface area contributed by atoms with E-state index in [4.69, 9.17) is 4.74 Å². The lowest BCUT2D eigenvalue weighted by atomic mass is 10.4. The number of halogens is 1. The summed E-state index contributed by atoms with van der Waals surface area (Å²) in [6, 6.07) is 0.160. The smallest absolute Gasteiger partial charge is 0.246 e. The van der Waals surface area contributed by atoms with Crippen molar-refractivity contribution in [1.82, 2.24) is 5.32 Å². The van der Waals surface area contributed by atoms with Gasteiger partial charge in [0.25, 0.3) is 0 Å². The zero-order valence-corrected chi connectivity index (χ0v) is 9.35. The Labute approximate surface area is 82.0 Å². The molecule has 1 N–H and O–H groups in total. The van der Waals surface area contributed by atoms with Gasteiger partial charge in [-0.1, -0.05) is 15.9 Å². The molecule has 0 saturated heterocycles. The van der Waals surface area contributed by atoms with Crippen LogP contribution in [0.3, 0.4) is 0 Å². The van der Waals surface area contributed by atoms with Crippen molar-refractivity contribution in [2.75, 3.05) is 11.9 Å². The summed E-state index contributed by atoms with van der Waals surface area (Å²) in [7, 11) is 0. The van der Waals surface area contributed by atoms with Crippen LogP contribution < -0.4 is 5.32 Å². The molecule has 0 aliphatic heterocycles. The van der Waals surface area contributed by atoms with Gasteiger partial charge in [-0.15, -0.1) is 0 Å². The van der Waals surface area contributed by atoms with Gasteiger partial charge in [-0.3, -0.25) is 4.79 Å². The third-order valence-corrected chi connectivity index (χ3v) is 2.16. The largest absolute Gasteiger partial charge is 0.369 e. The molecule has 0 saturated carbocycles. The van der Waals surface area contributed by atoms with E-state index in [1.807, 2.05) is 20.8 Å². The van der Waals surface area contributed by atoms with E-state index in [2.05, 4.69) is 21.2 Å². The molecule has 0 rings (SSSR count). The van der Waals surface area contributed by atoms with Crippen molar-refractivity contribution in [2.24, 2.45) is 0 Å². The molecule has 1 amide bonds. The topological polar surface area (TPSA) is 38.3 Å². The van der Waals surface area contributed by atoms with Crippen LogP contribution in [0.5, 0.6) is 0 Å². The number of carbonyl (C=O) groups is 1. The maximum Gasteiger partial charge on any atom is 0.246 e. The van der Waals surface area contributed by atoms with Crippen LogP contribution in [0.1, 0.15) is 20.8 Å². The minimum atomic E-state index is -0.0596. The molecule has 0 aromatic rings. The van der Waals surface area contributed by atoms with Gasteiger partial charge in [0.2, 0.25) is 5.91 Å². The van der Waals surface area contributed by atoms with Crippen molar-refractivity contribution in [2.45, 2.75) is 32.9 Å². The van der Waals surface area contributed by atoms with E-state index < -0.39 is 0 Å². The Morgan fingerprint density at radius 2 is 2.08 bits per heavy atom. The first kappa shape index (κ1) is 11.9. The predicted molar refractivity (Wildman–Crippen MR) is 52.5 cm³/mol. The predicted octanol–water partition coefficient (Wildman–Crippen LogP) is 1.31. The molecule has 72 valence electrons. The molecular formula is C8H16BrNO2. The van der Waals surface area contributed by atoms with Crippen LogP contribution in [0.15, 0.2) is 0 Å². The lowest BCUT2D eigenvalue weighted by molar-refractivity contribution is -0.127. The van der Waals surface area contributed by atoms with Gasteiger partial charge in [0.05, 0.1) is 6.10 Å². The molecular weight excluding hydrogens is 222 g/mol. The molecule has 4 heteroatoms. The molecule has 1 atom stereocenters. The number of hydrogen-bond donors (Lipinski definition) is 1. The first-order valence-corrected chi connectivity index (χ1v) is 5.15. The molecule has 0 fully saturated rings. The van der Waals surface area contributed by atoms with Gasteiger partial charge in [-0.05, 0) is 20.8 Å². The monoisotopic (exact) mass is 237 g/mol. The second kappa shape index (κ2) is 6.43. The molecule has 0 aromatic carbocycles. The van der Waals surface area contributed by atoms with Gasteiger partial charge in [0.1, 0.15) is 6.61 Å². The Morgan fingerprint density at radius 1 is 1.50 bits per heavy atom. The van der Waals surface area contributed by atoms with Gasteiger partial charge in [-0.2, -0.15) is 0 Å². The lowest BCUT2D eigenvalue weighted by Crippen LogP contribution is -2.36. The molecule has 0 aliphatic carbocycles. The maximum absolute atomic E-state index is 11.1. The Bertz CT molecular complexity index is 139. The van der Waals surface area contributed by atoms with Gasteiger partial charge < -0.3 is 10.1 Å². The van der Waals surface area contributed by atoms with Gasteiger partial charge in [-0.25, -0.2) is 0 Å². The highest BCUT2D eigenvalue weighted by Crippen LogP contribution is 1.90. The Kier molecular flexibility index (Phi) is 6.38. The highest BCUT2D eigenvalue weighted by Gasteiger charge is 2.06. The number of nitrogens with one attached hydrogen (secondary N) is 1. The van der Waals surface area contributed by atoms with E-state index in [1.54, 1.807) is 0 Å². The number of amides is 1. The van der Waals surface area contributed by atoms with Crippen molar-refractivity contribution < 1.29 is 9.53 Å². The SMILES string of the molecule is CC(CBr)NC(=O)COC(C)C. The van der Waals surface area contributed by atoms with E-state index in [0.717, 1.165) is 5.33 Å². The van der Waals surface area contributed by atoms with Crippen molar-refractivity contribution in [1.29, 1.82) is 0 Å². The Balaban J connectivity index is 3.46. The minimum Gasteiger partial charge on any atom is -0.369 e. The van der Waals surface area contributed by atoms with Crippen LogP contribution in [-0.4, -0.2) is 30.0 Å². The van der Waals surface area contributed by atoms with Crippen LogP contribution in [-0.2, 0) is 9.53 Å². The summed E-state index contributed by atoms with van der Waals surface area (Å²) in [6.45, 7) is 5.89. The molecule has 0 aromatic heterocycles. The average molecular weight is 238 g/mol. The lowest BCUT2D eigenvalue weighted by Gasteiger charge is -2.11. The normalized spacial score (nSPS) is 13.1. The zero-order chi connectivity index (χ0) is 9.56. The first-order chi connectivity index (χ1) is 5.56.